The summed E-state index contributed by atoms with van der Waals surface area (Å²) in [7, 11) is 0. The van der Waals surface area contributed by atoms with Crippen molar-refractivity contribution in [3.05, 3.63) is 97.3 Å². The molecule has 4 rings (SSSR count). The Morgan fingerprint density at radius 1 is 0.886 bits per heavy atom. The van der Waals surface area contributed by atoms with E-state index >= 15 is 0 Å². The molecule has 3 aromatic rings. The molecule has 178 valence electrons. The molecule has 0 atom stereocenters. The fourth-order valence-electron chi connectivity index (χ4n) is 3.33. The van der Waals surface area contributed by atoms with Crippen LogP contribution in [0.3, 0.4) is 0 Å². The van der Waals surface area contributed by atoms with Gasteiger partial charge in [-0.2, -0.15) is 0 Å². The monoisotopic (exact) mass is 551 g/mol. The first-order valence-electron chi connectivity index (χ1n) is 9.94. The van der Waals surface area contributed by atoms with E-state index in [-0.39, 0.29) is 27.0 Å². The maximum absolute atomic E-state index is 13.5. The summed E-state index contributed by atoms with van der Waals surface area (Å²) in [5.74, 6) is -2.71. The van der Waals surface area contributed by atoms with Gasteiger partial charge in [0.15, 0.2) is 0 Å². The topological polar surface area (TPSA) is 78.5 Å². The van der Waals surface area contributed by atoms with Gasteiger partial charge in [-0.1, -0.05) is 52.5 Å². The number of anilines is 3. The predicted octanol–water partition coefficient (Wildman–Crippen LogP) is 6.78. The van der Waals surface area contributed by atoms with E-state index in [1.54, 1.807) is 31.2 Å². The Hall–Kier alpha value is -3.10. The van der Waals surface area contributed by atoms with Gasteiger partial charge in [0.2, 0.25) is 0 Å². The number of carbonyl (C=O) groups excluding carboxylic acids is 3. The zero-order valence-electron chi connectivity index (χ0n) is 17.8. The summed E-state index contributed by atoms with van der Waals surface area (Å²) in [6, 6.07) is 12.8. The van der Waals surface area contributed by atoms with E-state index in [9.17, 15) is 18.8 Å². The Balaban J connectivity index is 1.59. The highest BCUT2D eigenvalue weighted by atomic mass is 35.5. The number of benzene rings is 3. The summed E-state index contributed by atoms with van der Waals surface area (Å²) in [5.41, 5.74) is 1.57. The highest BCUT2D eigenvalue weighted by Gasteiger charge is 2.39. The van der Waals surface area contributed by atoms with Gasteiger partial charge in [-0.3, -0.25) is 14.4 Å². The van der Waals surface area contributed by atoms with Gasteiger partial charge in [-0.25, -0.2) is 9.29 Å². The normalized spacial score (nSPS) is 13.5. The highest BCUT2D eigenvalue weighted by Crippen LogP contribution is 2.33. The van der Waals surface area contributed by atoms with Crippen LogP contribution < -0.4 is 15.5 Å². The molecule has 0 fully saturated rings. The Labute approximate surface area is 219 Å². The van der Waals surface area contributed by atoms with Gasteiger partial charge in [0.05, 0.1) is 10.7 Å². The molecule has 2 N–H and O–H groups in total. The molecule has 0 aliphatic carbocycles. The summed E-state index contributed by atoms with van der Waals surface area (Å²) >= 11 is 23.9. The first-order valence-corrected chi connectivity index (χ1v) is 11.4. The third-order valence-electron chi connectivity index (χ3n) is 5.07. The van der Waals surface area contributed by atoms with Crippen molar-refractivity contribution in [2.24, 2.45) is 0 Å². The third-order valence-corrected chi connectivity index (χ3v) is 6.15. The Kier molecular flexibility index (Phi) is 7.05. The number of hydrogen-bond donors (Lipinski definition) is 2. The molecule has 3 aromatic carbocycles. The third kappa shape index (κ3) is 5.13. The van der Waals surface area contributed by atoms with Crippen LogP contribution in [0, 0.1) is 12.7 Å². The second-order valence-corrected chi connectivity index (χ2v) is 9.16. The van der Waals surface area contributed by atoms with Gasteiger partial charge < -0.3 is 10.6 Å². The quantitative estimate of drug-likeness (QED) is 0.342. The minimum Gasteiger partial charge on any atom is -0.349 e. The van der Waals surface area contributed by atoms with Crippen molar-refractivity contribution in [2.45, 2.75) is 6.92 Å². The maximum atomic E-state index is 13.5. The van der Waals surface area contributed by atoms with Gasteiger partial charge in [-0.05, 0) is 61.0 Å². The molecule has 1 aliphatic heterocycles. The number of hydrogen-bond acceptors (Lipinski definition) is 4. The number of nitrogens with zero attached hydrogens (tertiary/aromatic N) is 1. The first kappa shape index (κ1) is 25.0. The van der Waals surface area contributed by atoms with Crippen LogP contribution in [0.15, 0.2) is 65.3 Å². The average molecular weight is 553 g/mol. The molecule has 6 nitrogen and oxygen atoms in total. The van der Waals surface area contributed by atoms with E-state index in [0.717, 1.165) is 17.0 Å². The van der Waals surface area contributed by atoms with E-state index in [1.165, 1.54) is 18.2 Å². The van der Waals surface area contributed by atoms with Crippen LogP contribution >= 0.6 is 46.4 Å². The van der Waals surface area contributed by atoms with Crippen LogP contribution in [-0.4, -0.2) is 17.7 Å². The van der Waals surface area contributed by atoms with Gasteiger partial charge in [0.25, 0.3) is 17.7 Å². The summed E-state index contributed by atoms with van der Waals surface area (Å²) < 4.78 is 13.5. The van der Waals surface area contributed by atoms with E-state index < -0.39 is 23.5 Å². The molecule has 0 unspecified atom stereocenters. The van der Waals surface area contributed by atoms with Crippen molar-refractivity contribution in [1.82, 2.24) is 0 Å². The zero-order valence-corrected chi connectivity index (χ0v) is 20.8. The lowest BCUT2D eigenvalue weighted by atomic mass is 10.1. The molecule has 0 saturated heterocycles. The Morgan fingerprint density at radius 3 is 2.23 bits per heavy atom. The lowest BCUT2D eigenvalue weighted by Gasteiger charge is -2.16. The molecule has 11 heteroatoms. The van der Waals surface area contributed by atoms with Crippen molar-refractivity contribution in [1.29, 1.82) is 0 Å². The van der Waals surface area contributed by atoms with Crippen LogP contribution in [-0.2, 0) is 9.59 Å². The Bertz CT molecular complexity index is 1420. The van der Waals surface area contributed by atoms with Crippen LogP contribution in [0.4, 0.5) is 21.5 Å². The smallest absolute Gasteiger partial charge is 0.283 e. The number of rotatable bonds is 5. The molecule has 1 aliphatic rings. The minimum absolute atomic E-state index is 0.0615. The van der Waals surface area contributed by atoms with E-state index in [0.29, 0.717) is 27.0 Å². The fourth-order valence-corrected chi connectivity index (χ4v) is 4.25. The molecule has 0 radical (unpaired) electrons. The van der Waals surface area contributed by atoms with Crippen LogP contribution in [0.5, 0.6) is 0 Å². The Morgan fingerprint density at radius 2 is 1.57 bits per heavy atom. The highest BCUT2D eigenvalue weighted by molar-refractivity contribution is 6.53. The summed E-state index contributed by atoms with van der Waals surface area (Å²) in [4.78, 5) is 39.3. The van der Waals surface area contributed by atoms with Gasteiger partial charge >= 0.3 is 0 Å². The zero-order chi connectivity index (χ0) is 25.4. The number of amides is 3. The van der Waals surface area contributed by atoms with E-state index in [4.69, 9.17) is 46.4 Å². The number of aryl methyl sites for hydroxylation is 1. The largest absolute Gasteiger partial charge is 0.349 e. The molecule has 0 bridgehead atoms. The predicted molar refractivity (Wildman–Crippen MR) is 136 cm³/mol. The van der Waals surface area contributed by atoms with Crippen molar-refractivity contribution in [2.75, 3.05) is 15.5 Å². The molecular formula is C24H14Cl4FN3O3. The first-order chi connectivity index (χ1) is 16.5. The van der Waals surface area contributed by atoms with Crippen LogP contribution in [0.25, 0.3) is 0 Å². The number of imide groups is 1. The van der Waals surface area contributed by atoms with Gasteiger partial charge in [0, 0.05) is 27.0 Å². The van der Waals surface area contributed by atoms with Crippen LogP contribution in [0.1, 0.15) is 15.9 Å². The SMILES string of the molecule is Cc1ccc(C(=O)Nc2cc(Cl)cc(Cl)c2)cc1NC1=C(Cl)C(=O)N(c2ccc(F)c(Cl)c2)C1=O. The minimum atomic E-state index is -0.800. The second-order valence-electron chi connectivity index (χ2n) is 7.50. The molecule has 1 heterocycles. The summed E-state index contributed by atoms with van der Waals surface area (Å²) in [6.45, 7) is 1.74. The van der Waals surface area contributed by atoms with Gasteiger partial charge in [-0.15, -0.1) is 0 Å². The standard InChI is InChI=1S/C24H14Cl4FN3O3/c1-11-2-3-12(22(33)30-15-8-13(25)7-14(26)9-15)6-19(11)31-21-20(28)23(34)32(24(21)35)16-4-5-18(29)17(27)10-16/h2-10,31H,1H3,(H,30,33). The van der Waals surface area contributed by atoms with E-state index in [2.05, 4.69) is 10.6 Å². The van der Waals surface area contributed by atoms with Gasteiger partial charge in [0.1, 0.15) is 16.5 Å². The number of carbonyl (C=O) groups is 3. The second kappa shape index (κ2) is 9.87. The summed E-state index contributed by atoms with van der Waals surface area (Å²) in [5, 5.41) is 5.65. The lowest BCUT2D eigenvalue weighted by Crippen LogP contribution is -2.32. The van der Waals surface area contributed by atoms with E-state index in [1.807, 2.05) is 0 Å². The molecule has 35 heavy (non-hydrogen) atoms. The molecule has 3 amide bonds. The molecule has 0 aromatic heterocycles. The van der Waals surface area contributed by atoms with Crippen molar-refractivity contribution >= 4 is 81.2 Å². The molecule has 0 spiro atoms. The molecular weight excluding hydrogens is 539 g/mol. The summed E-state index contributed by atoms with van der Waals surface area (Å²) in [6.07, 6.45) is 0. The fraction of sp³-hybridized carbons (Fsp3) is 0.0417. The van der Waals surface area contributed by atoms with Crippen molar-refractivity contribution < 1.29 is 18.8 Å². The number of halogens is 5. The van der Waals surface area contributed by atoms with Crippen molar-refractivity contribution in [3.63, 3.8) is 0 Å². The number of nitrogens with one attached hydrogen (secondary N) is 2. The average Bonchev–Trinajstić information content (AvgIpc) is 2.99. The lowest BCUT2D eigenvalue weighted by molar-refractivity contribution is -0.120. The van der Waals surface area contributed by atoms with Crippen molar-refractivity contribution in [3.8, 4) is 0 Å². The maximum Gasteiger partial charge on any atom is 0.283 e. The van der Waals surface area contributed by atoms with Crippen LogP contribution in [0.2, 0.25) is 15.1 Å². The molecule has 0 saturated carbocycles.